The van der Waals surface area contributed by atoms with E-state index in [1.807, 2.05) is 32.0 Å². The molecule has 4 aromatic rings. The summed E-state index contributed by atoms with van der Waals surface area (Å²) in [6.45, 7) is 5.15. The molecule has 0 aliphatic carbocycles. The summed E-state index contributed by atoms with van der Waals surface area (Å²) in [5, 5.41) is 1.17. The lowest BCUT2D eigenvalue weighted by atomic mass is 10.0. The van der Waals surface area contributed by atoms with E-state index in [0.29, 0.717) is 29.1 Å². The maximum Gasteiger partial charge on any atom is 0.261 e. The van der Waals surface area contributed by atoms with Crippen molar-refractivity contribution in [1.29, 1.82) is 0 Å². The van der Waals surface area contributed by atoms with Crippen LogP contribution in [0.3, 0.4) is 0 Å². The number of nitrogens with zero attached hydrogens (tertiary/aromatic N) is 3. The van der Waals surface area contributed by atoms with Crippen LogP contribution in [0.2, 0.25) is 5.02 Å². The average molecular weight is 444 g/mol. The van der Waals surface area contributed by atoms with Gasteiger partial charge in [-0.3, -0.25) is 14.3 Å². The first-order chi connectivity index (χ1) is 15.5. The molecule has 0 spiro atoms. The van der Waals surface area contributed by atoms with E-state index in [1.54, 1.807) is 29.0 Å². The number of aromatic nitrogens is 3. The van der Waals surface area contributed by atoms with E-state index in [-0.39, 0.29) is 5.56 Å². The molecule has 0 N–H and O–H groups in total. The van der Waals surface area contributed by atoms with E-state index in [4.69, 9.17) is 21.3 Å². The van der Waals surface area contributed by atoms with Gasteiger partial charge in [-0.05, 0) is 91.1 Å². The standard InChI is InChI=1S/C26H22ClN3O2/c1-16-11-18(12-17(2)24(16)32-15-21-5-3-4-9-28-21)13-19-8-10-30-25(19)29-23-14-20(27)6-7-22(23)26(30)31/h3-7,9,11-14H,8,10,15H2,1-2H3/b19-13+. The van der Waals surface area contributed by atoms with Crippen LogP contribution in [0.25, 0.3) is 22.6 Å². The molecule has 1 aliphatic heterocycles. The molecule has 0 saturated heterocycles. The first kappa shape index (κ1) is 20.5. The zero-order chi connectivity index (χ0) is 22.2. The number of pyridine rings is 1. The van der Waals surface area contributed by atoms with E-state index < -0.39 is 0 Å². The van der Waals surface area contributed by atoms with Crippen molar-refractivity contribution in [1.82, 2.24) is 14.5 Å². The second-order valence-electron chi connectivity index (χ2n) is 8.07. The van der Waals surface area contributed by atoms with Gasteiger partial charge in [0, 0.05) is 17.8 Å². The monoisotopic (exact) mass is 443 g/mol. The molecule has 6 heteroatoms. The lowest BCUT2D eigenvalue weighted by Crippen LogP contribution is -2.20. The van der Waals surface area contributed by atoms with Gasteiger partial charge in [0.05, 0.1) is 16.6 Å². The summed E-state index contributed by atoms with van der Waals surface area (Å²) in [7, 11) is 0. The van der Waals surface area contributed by atoms with Crippen LogP contribution in [0.5, 0.6) is 5.75 Å². The topological polar surface area (TPSA) is 57.0 Å². The Balaban J connectivity index is 1.48. The first-order valence-corrected chi connectivity index (χ1v) is 10.9. The fourth-order valence-corrected chi connectivity index (χ4v) is 4.42. The van der Waals surface area contributed by atoms with Crippen molar-refractivity contribution >= 4 is 34.2 Å². The summed E-state index contributed by atoms with van der Waals surface area (Å²) in [6, 6.07) is 15.2. The third kappa shape index (κ3) is 3.80. The fraction of sp³-hybridized carbons (Fsp3) is 0.192. The molecule has 5 nitrogen and oxygen atoms in total. The van der Waals surface area contributed by atoms with Gasteiger partial charge >= 0.3 is 0 Å². The van der Waals surface area contributed by atoms with Crippen molar-refractivity contribution in [2.24, 2.45) is 0 Å². The molecule has 1 aliphatic rings. The molecular weight excluding hydrogens is 422 g/mol. The first-order valence-electron chi connectivity index (χ1n) is 10.5. The molecule has 0 radical (unpaired) electrons. The van der Waals surface area contributed by atoms with Crippen LogP contribution in [0.15, 0.2) is 59.5 Å². The van der Waals surface area contributed by atoms with Crippen LogP contribution < -0.4 is 10.3 Å². The predicted octanol–water partition coefficient (Wildman–Crippen LogP) is 5.59. The molecule has 0 bridgehead atoms. The van der Waals surface area contributed by atoms with Gasteiger partial charge in [-0.1, -0.05) is 17.7 Å². The minimum atomic E-state index is -0.0179. The number of benzene rings is 2. The van der Waals surface area contributed by atoms with Crippen LogP contribution in [0, 0.1) is 13.8 Å². The Morgan fingerprint density at radius 2 is 1.94 bits per heavy atom. The third-order valence-electron chi connectivity index (χ3n) is 5.72. The third-order valence-corrected chi connectivity index (χ3v) is 5.96. The second-order valence-corrected chi connectivity index (χ2v) is 8.50. The molecule has 5 rings (SSSR count). The van der Waals surface area contributed by atoms with Gasteiger partial charge in [-0.2, -0.15) is 0 Å². The zero-order valence-electron chi connectivity index (χ0n) is 17.9. The fourth-order valence-electron chi connectivity index (χ4n) is 4.25. The van der Waals surface area contributed by atoms with Gasteiger partial charge < -0.3 is 4.74 Å². The molecule has 0 atom stereocenters. The Labute approximate surface area is 191 Å². The number of halogens is 1. The number of fused-ring (bicyclic) bond motifs is 2. The summed E-state index contributed by atoms with van der Waals surface area (Å²) in [5.74, 6) is 1.59. The molecule has 0 fully saturated rings. The predicted molar refractivity (Wildman–Crippen MR) is 128 cm³/mol. The van der Waals surface area contributed by atoms with Crippen LogP contribution in [0.4, 0.5) is 0 Å². The summed E-state index contributed by atoms with van der Waals surface area (Å²) >= 11 is 6.12. The molecule has 32 heavy (non-hydrogen) atoms. The van der Waals surface area contributed by atoms with E-state index in [9.17, 15) is 4.79 Å². The smallest absolute Gasteiger partial charge is 0.261 e. The highest BCUT2D eigenvalue weighted by molar-refractivity contribution is 6.31. The minimum absolute atomic E-state index is 0.0179. The number of rotatable bonds is 4. The maximum atomic E-state index is 12.9. The van der Waals surface area contributed by atoms with Crippen molar-refractivity contribution in [3.8, 4) is 5.75 Å². The molecule has 0 unspecified atom stereocenters. The van der Waals surface area contributed by atoms with Crippen molar-refractivity contribution in [2.45, 2.75) is 33.4 Å². The number of allylic oxidation sites excluding steroid dienone is 1. The SMILES string of the molecule is Cc1cc(/C=C2\CCn3c2nc2cc(Cl)ccc2c3=O)cc(C)c1OCc1ccccn1. The molecule has 2 aromatic heterocycles. The van der Waals surface area contributed by atoms with Crippen molar-refractivity contribution in [2.75, 3.05) is 0 Å². The molecule has 3 heterocycles. The molecule has 160 valence electrons. The molecule has 2 aromatic carbocycles. The van der Waals surface area contributed by atoms with Crippen molar-refractivity contribution in [3.63, 3.8) is 0 Å². The highest BCUT2D eigenvalue weighted by Crippen LogP contribution is 2.31. The number of ether oxygens (including phenoxy) is 1. The van der Waals surface area contributed by atoms with Gasteiger partial charge in [0.1, 0.15) is 18.2 Å². The minimum Gasteiger partial charge on any atom is -0.487 e. The average Bonchev–Trinajstić information content (AvgIpc) is 3.16. The normalized spacial score (nSPS) is 14.2. The largest absolute Gasteiger partial charge is 0.487 e. The number of hydrogen-bond donors (Lipinski definition) is 0. The summed E-state index contributed by atoms with van der Waals surface area (Å²) in [6.07, 6.45) is 4.65. The number of hydrogen-bond acceptors (Lipinski definition) is 4. The Morgan fingerprint density at radius 3 is 2.69 bits per heavy atom. The van der Waals surface area contributed by atoms with Crippen molar-refractivity contribution in [3.05, 3.63) is 98.3 Å². The van der Waals surface area contributed by atoms with E-state index >= 15 is 0 Å². The highest BCUT2D eigenvalue weighted by Gasteiger charge is 2.21. The molecular formula is C26H22ClN3O2. The maximum absolute atomic E-state index is 12.9. The van der Waals surface area contributed by atoms with Crippen LogP contribution >= 0.6 is 11.6 Å². The Hall–Kier alpha value is -3.44. The van der Waals surface area contributed by atoms with Gasteiger partial charge in [-0.15, -0.1) is 0 Å². The summed E-state index contributed by atoms with van der Waals surface area (Å²) < 4.78 is 7.81. The van der Waals surface area contributed by atoms with E-state index in [1.165, 1.54) is 0 Å². The van der Waals surface area contributed by atoms with Gasteiger partial charge in [0.2, 0.25) is 0 Å². The second kappa shape index (κ2) is 8.24. The number of aryl methyl sites for hydroxylation is 2. The Bertz CT molecular complexity index is 1400. The Kier molecular flexibility index (Phi) is 5.27. The summed E-state index contributed by atoms with van der Waals surface area (Å²) in [4.78, 5) is 22.0. The molecule has 0 saturated carbocycles. The van der Waals surface area contributed by atoms with Gasteiger partial charge in [0.25, 0.3) is 5.56 Å². The Morgan fingerprint density at radius 1 is 1.12 bits per heavy atom. The van der Waals surface area contributed by atoms with E-state index in [2.05, 4.69) is 23.2 Å². The quantitative estimate of drug-likeness (QED) is 0.413. The van der Waals surface area contributed by atoms with Crippen LogP contribution in [-0.4, -0.2) is 14.5 Å². The van der Waals surface area contributed by atoms with Gasteiger partial charge in [-0.25, -0.2) is 4.98 Å². The van der Waals surface area contributed by atoms with Crippen LogP contribution in [0.1, 0.15) is 34.6 Å². The molecule has 0 amide bonds. The van der Waals surface area contributed by atoms with Gasteiger partial charge in [0.15, 0.2) is 0 Å². The lowest BCUT2D eigenvalue weighted by molar-refractivity contribution is 0.297. The zero-order valence-corrected chi connectivity index (χ0v) is 18.7. The van der Waals surface area contributed by atoms with E-state index in [0.717, 1.165) is 46.0 Å². The highest BCUT2D eigenvalue weighted by atomic mass is 35.5. The summed E-state index contributed by atoms with van der Waals surface area (Å²) in [5.41, 5.74) is 5.73. The van der Waals surface area contributed by atoms with Crippen LogP contribution in [-0.2, 0) is 13.2 Å². The lowest BCUT2D eigenvalue weighted by Gasteiger charge is -2.13. The van der Waals surface area contributed by atoms with Crippen molar-refractivity contribution < 1.29 is 4.74 Å².